The molecule has 0 radical (unpaired) electrons. The molecule has 2 aliphatic rings. The number of hydrogen-bond donors (Lipinski definition) is 1. The van der Waals surface area contributed by atoms with Gasteiger partial charge in [-0.05, 0) is 31.8 Å². The molecule has 0 bridgehead atoms. The number of alkyl halides is 1. The number of fused-ring (bicyclic) bond motifs is 1. The topological polar surface area (TPSA) is 12.0 Å². The molecule has 0 amide bonds. The van der Waals surface area contributed by atoms with Crippen LogP contribution in [0.1, 0.15) is 12.8 Å². The molecule has 1 heterocycles. The Morgan fingerprint density at radius 2 is 2.56 bits per heavy atom. The zero-order valence-corrected chi connectivity index (χ0v) is 5.49. The number of rotatable bonds is 1. The SMILES string of the molecule is FC[C@@]12CCNC[C@@H]1C2. The molecule has 1 N–H and O–H groups in total. The minimum Gasteiger partial charge on any atom is -0.316 e. The van der Waals surface area contributed by atoms with E-state index in [0.29, 0.717) is 5.92 Å². The summed E-state index contributed by atoms with van der Waals surface area (Å²) in [6, 6.07) is 0. The van der Waals surface area contributed by atoms with Crippen LogP contribution in [0.2, 0.25) is 0 Å². The van der Waals surface area contributed by atoms with Gasteiger partial charge in [-0.15, -0.1) is 0 Å². The Morgan fingerprint density at radius 1 is 1.67 bits per heavy atom. The van der Waals surface area contributed by atoms with Crippen LogP contribution in [0.5, 0.6) is 0 Å². The van der Waals surface area contributed by atoms with Crippen molar-refractivity contribution in [3.8, 4) is 0 Å². The second-order valence-corrected chi connectivity index (χ2v) is 3.35. The highest BCUT2D eigenvalue weighted by molar-refractivity contribution is 5.05. The van der Waals surface area contributed by atoms with Gasteiger partial charge in [0.1, 0.15) is 0 Å². The number of piperidine rings is 1. The van der Waals surface area contributed by atoms with Crippen molar-refractivity contribution in [1.82, 2.24) is 5.32 Å². The molecule has 2 heteroatoms. The number of halogens is 1. The summed E-state index contributed by atoms with van der Waals surface area (Å²) in [7, 11) is 0. The second-order valence-electron chi connectivity index (χ2n) is 3.35. The van der Waals surface area contributed by atoms with Crippen LogP contribution >= 0.6 is 0 Å². The van der Waals surface area contributed by atoms with Gasteiger partial charge in [0, 0.05) is 5.41 Å². The van der Waals surface area contributed by atoms with E-state index in [1.165, 1.54) is 0 Å². The summed E-state index contributed by atoms with van der Waals surface area (Å²) in [4.78, 5) is 0. The third kappa shape index (κ3) is 0.692. The largest absolute Gasteiger partial charge is 0.316 e. The molecule has 1 saturated carbocycles. The van der Waals surface area contributed by atoms with Crippen molar-refractivity contribution in [3.05, 3.63) is 0 Å². The van der Waals surface area contributed by atoms with Gasteiger partial charge in [0.2, 0.25) is 0 Å². The number of nitrogens with one attached hydrogen (secondary N) is 1. The summed E-state index contributed by atoms with van der Waals surface area (Å²) in [5.41, 5.74) is 0.158. The molecule has 0 aromatic carbocycles. The molecule has 1 saturated heterocycles. The standard InChI is InChI=1S/C7H12FN/c8-5-7-1-2-9-4-6(7)3-7/h6,9H,1-5H2/t6-,7-/m0/s1. The van der Waals surface area contributed by atoms with Crippen molar-refractivity contribution < 1.29 is 4.39 Å². The smallest absolute Gasteiger partial charge is 0.0954 e. The minimum absolute atomic E-state index is 0.0840. The zero-order chi connectivity index (χ0) is 6.32. The van der Waals surface area contributed by atoms with Crippen molar-refractivity contribution in [2.45, 2.75) is 12.8 Å². The first kappa shape index (κ1) is 5.66. The minimum atomic E-state index is -0.0840. The van der Waals surface area contributed by atoms with Gasteiger partial charge >= 0.3 is 0 Å². The fourth-order valence-electron chi connectivity index (χ4n) is 1.87. The van der Waals surface area contributed by atoms with Gasteiger partial charge in [-0.1, -0.05) is 0 Å². The quantitative estimate of drug-likeness (QED) is 0.556. The molecule has 0 spiro atoms. The predicted octanol–water partition coefficient (Wildman–Crippen LogP) is 0.956. The first-order valence-corrected chi connectivity index (χ1v) is 3.64. The Kier molecular flexibility index (Phi) is 1.06. The van der Waals surface area contributed by atoms with E-state index in [0.717, 1.165) is 25.9 Å². The maximum absolute atomic E-state index is 12.3. The van der Waals surface area contributed by atoms with E-state index in [4.69, 9.17) is 0 Å². The fourth-order valence-corrected chi connectivity index (χ4v) is 1.87. The zero-order valence-electron chi connectivity index (χ0n) is 5.49. The maximum Gasteiger partial charge on any atom is 0.0954 e. The molecule has 1 aliphatic heterocycles. The van der Waals surface area contributed by atoms with Crippen LogP contribution in [0, 0.1) is 11.3 Å². The second kappa shape index (κ2) is 1.69. The molecule has 2 rings (SSSR count). The van der Waals surface area contributed by atoms with Gasteiger partial charge < -0.3 is 5.32 Å². The fraction of sp³-hybridized carbons (Fsp3) is 1.00. The summed E-state index contributed by atoms with van der Waals surface area (Å²) in [6.07, 6.45) is 2.20. The van der Waals surface area contributed by atoms with Crippen LogP contribution in [0.4, 0.5) is 4.39 Å². The molecule has 1 aliphatic carbocycles. The summed E-state index contributed by atoms with van der Waals surface area (Å²) >= 11 is 0. The lowest BCUT2D eigenvalue weighted by molar-refractivity contribution is 0.268. The van der Waals surface area contributed by atoms with Crippen molar-refractivity contribution >= 4 is 0 Å². The van der Waals surface area contributed by atoms with E-state index in [-0.39, 0.29) is 12.1 Å². The van der Waals surface area contributed by atoms with Crippen molar-refractivity contribution in [2.75, 3.05) is 19.8 Å². The van der Waals surface area contributed by atoms with Crippen LogP contribution in [0.3, 0.4) is 0 Å². The highest BCUT2D eigenvalue weighted by atomic mass is 19.1. The van der Waals surface area contributed by atoms with Crippen LogP contribution in [0.15, 0.2) is 0 Å². The van der Waals surface area contributed by atoms with Crippen molar-refractivity contribution in [3.63, 3.8) is 0 Å². The average molecular weight is 129 g/mol. The van der Waals surface area contributed by atoms with E-state index >= 15 is 0 Å². The normalized spacial score (nSPS) is 48.3. The van der Waals surface area contributed by atoms with Gasteiger partial charge in [0.15, 0.2) is 0 Å². The molecule has 2 atom stereocenters. The Morgan fingerprint density at radius 3 is 3.11 bits per heavy atom. The average Bonchev–Trinajstić information content (AvgIpc) is 2.62. The van der Waals surface area contributed by atoms with Gasteiger partial charge in [-0.2, -0.15) is 0 Å². The van der Waals surface area contributed by atoms with Crippen molar-refractivity contribution in [1.29, 1.82) is 0 Å². The van der Waals surface area contributed by atoms with Crippen LogP contribution < -0.4 is 5.32 Å². The van der Waals surface area contributed by atoms with E-state index in [1.807, 2.05) is 0 Å². The third-order valence-electron chi connectivity index (χ3n) is 2.82. The Bertz CT molecular complexity index is 126. The van der Waals surface area contributed by atoms with Gasteiger partial charge in [0.05, 0.1) is 6.67 Å². The molecular formula is C7H12FN. The lowest BCUT2D eigenvalue weighted by Crippen LogP contribution is -2.30. The molecule has 9 heavy (non-hydrogen) atoms. The predicted molar refractivity (Wildman–Crippen MR) is 34.0 cm³/mol. The lowest BCUT2D eigenvalue weighted by atomic mass is 9.98. The van der Waals surface area contributed by atoms with Crippen molar-refractivity contribution in [2.24, 2.45) is 11.3 Å². The number of hydrogen-bond acceptors (Lipinski definition) is 1. The molecule has 0 aromatic rings. The first-order valence-electron chi connectivity index (χ1n) is 3.64. The summed E-state index contributed by atoms with van der Waals surface area (Å²) < 4.78 is 12.3. The summed E-state index contributed by atoms with van der Waals surface area (Å²) in [5.74, 6) is 0.677. The Balaban J connectivity index is 2.01. The van der Waals surface area contributed by atoms with Gasteiger partial charge in [-0.3, -0.25) is 4.39 Å². The van der Waals surface area contributed by atoms with Gasteiger partial charge in [0.25, 0.3) is 0 Å². The lowest BCUT2D eigenvalue weighted by Gasteiger charge is -2.18. The Labute approximate surface area is 54.6 Å². The van der Waals surface area contributed by atoms with E-state index in [1.54, 1.807) is 0 Å². The van der Waals surface area contributed by atoms with Crippen LogP contribution in [0.25, 0.3) is 0 Å². The summed E-state index contributed by atoms with van der Waals surface area (Å²) in [6.45, 7) is 2.00. The summed E-state index contributed by atoms with van der Waals surface area (Å²) in [5, 5.41) is 3.27. The molecule has 52 valence electrons. The van der Waals surface area contributed by atoms with E-state index in [2.05, 4.69) is 5.32 Å². The third-order valence-corrected chi connectivity index (χ3v) is 2.82. The molecule has 2 fully saturated rings. The van der Waals surface area contributed by atoms with Crippen LogP contribution in [-0.4, -0.2) is 19.8 Å². The highest BCUT2D eigenvalue weighted by Crippen LogP contribution is 2.56. The molecule has 0 aromatic heterocycles. The first-order chi connectivity index (χ1) is 4.37. The van der Waals surface area contributed by atoms with Gasteiger partial charge in [-0.25, -0.2) is 0 Å². The molecular weight excluding hydrogens is 117 g/mol. The monoisotopic (exact) mass is 129 g/mol. The van der Waals surface area contributed by atoms with E-state index in [9.17, 15) is 4.39 Å². The molecule has 1 nitrogen and oxygen atoms in total. The molecule has 0 unspecified atom stereocenters. The Hall–Kier alpha value is -0.110. The highest BCUT2D eigenvalue weighted by Gasteiger charge is 2.54. The van der Waals surface area contributed by atoms with E-state index < -0.39 is 0 Å². The maximum atomic E-state index is 12.3. The van der Waals surface area contributed by atoms with Crippen LogP contribution in [-0.2, 0) is 0 Å².